The molecule has 1 amide bonds. The first-order valence-corrected chi connectivity index (χ1v) is 7.54. The molecule has 3 nitrogen and oxygen atoms in total. The number of H-pyrrole nitrogens is 1. The van der Waals surface area contributed by atoms with Crippen molar-refractivity contribution in [3.63, 3.8) is 0 Å². The fourth-order valence-electron chi connectivity index (χ4n) is 3.25. The number of rotatable bonds is 2. The van der Waals surface area contributed by atoms with E-state index in [0.717, 1.165) is 19.4 Å². The minimum atomic E-state index is 0.149. The number of aryl methyl sites for hydroxylation is 1. The van der Waals surface area contributed by atoms with Crippen LogP contribution in [0, 0.1) is 6.92 Å². The quantitative estimate of drug-likeness (QED) is 0.881. The zero-order chi connectivity index (χ0) is 14.1. The van der Waals surface area contributed by atoms with E-state index < -0.39 is 0 Å². The zero-order valence-corrected chi connectivity index (χ0v) is 12.3. The third-order valence-electron chi connectivity index (χ3n) is 4.48. The molecule has 0 bridgehead atoms. The SMILES string of the molecule is Cc1cccc2c(C(C)N3CCCCCC3=O)c[nH]c12. The van der Waals surface area contributed by atoms with Crippen molar-refractivity contribution < 1.29 is 4.79 Å². The van der Waals surface area contributed by atoms with Gasteiger partial charge >= 0.3 is 0 Å². The Balaban J connectivity index is 1.97. The van der Waals surface area contributed by atoms with Crippen LogP contribution in [-0.2, 0) is 4.79 Å². The third-order valence-corrected chi connectivity index (χ3v) is 4.48. The number of carbonyl (C=O) groups excluding carboxylic acids is 1. The summed E-state index contributed by atoms with van der Waals surface area (Å²) in [5.74, 6) is 0.303. The number of fused-ring (bicyclic) bond motifs is 1. The lowest BCUT2D eigenvalue weighted by atomic mass is 10.0. The first-order valence-electron chi connectivity index (χ1n) is 7.54. The Kier molecular flexibility index (Phi) is 3.51. The van der Waals surface area contributed by atoms with Gasteiger partial charge in [0.15, 0.2) is 0 Å². The molecule has 0 radical (unpaired) electrons. The number of nitrogens with one attached hydrogen (secondary N) is 1. The van der Waals surface area contributed by atoms with Crippen LogP contribution in [0.2, 0.25) is 0 Å². The standard InChI is InChI=1S/C17H22N2O/c1-12-7-6-8-14-15(11-18-17(12)14)13(2)19-10-5-3-4-9-16(19)20/h6-8,11,13,18H,3-5,9-10H2,1-2H3. The van der Waals surface area contributed by atoms with Gasteiger partial charge in [0.05, 0.1) is 6.04 Å². The van der Waals surface area contributed by atoms with E-state index >= 15 is 0 Å². The van der Waals surface area contributed by atoms with Crippen LogP contribution in [0.3, 0.4) is 0 Å². The van der Waals surface area contributed by atoms with E-state index in [1.807, 2.05) is 0 Å². The molecule has 1 unspecified atom stereocenters. The van der Waals surface area contributed by atoms with Crippen molar-refractivity contribution in [3.05, 3.63) is 35.5 Å². The Morgan fingerprint density at radius 3 is 2.95 bits per heavy atom. The van der Waals surface area contributed by atoms with Gasteiger partial charge < -0.3 is 9.88 Å². The monoisotopic (exact) mass is 270 g/mol. The summed E-state index contributed by atoms with van der Waals surface area (Å²) in [5.41, 5.74) is 3.68. The van der Waals surface area contributed by atoms with Gasteiger partial charge in [-0.05, 0) is 37.8 Å². The summed E-state index contributed by atoms with van der Waals surface area (Å²) in [6, 6.07) is 6.50. The minimum absolute atomic E-state index is 0.149. The number of aromatic nitrogens is 1. The van der Waals surface area contributed by atoms with Gasteiger partial charge in [-0.1, -0.05) is 24.6 Å². The van der Waals surface area contributed by atoms with E-state index in [4.69, 9.17) is 0 Å². The van der Waals surface area contributed by atoms with Crippen LogP contribution in [0.5, 0.6) is 0 Å². The lowest BCUT2D eigenvalue weighted by molar-refractivity contribution is -0.132. The normalized spacial score (nSPS) is 18.3. The fourth-order valence-corrected chi connectivity index (χ4v) is 3.25. The molecule has 1 aromatic carbocycles. The first kappa shape index (κ1) is 13.2. The number of benzene rings is 1. The molecule has 2 aromatic rings. The largest absolute Gasteiger partial charge is 0.361 e. The predicted molar refractivity (Wildman–Crippen MR) is 81.6 cm³/mol. The Morgan fingerprint density at radius 1 is 1.25 bits per heavy atom. The number of aromatic amines is 1. The maximum Gasteiger partial charge on any atom is 0.223 e. The van der Waals surface area contributed by atoms with Crippen molar-refractivity contribution in [3.8, 4) is 0 Å². The van der Waals surface area contributed by atoms with Crippen molar-refractivity contribution in [2.75, 3.05) is 6.54 Å². The Labute approximate surface area is 120 Å². The number of amides is 1. The summed E-state index contributed by atoms with van der Waals surface area (Å²) in [5, 5.41) is 1.24. The molecule has 1 saturated heterocycles. The Hall–Kier alpha value is -1.77. The highest BCUT2D eigenvalue weighted by molar-refractivity contribution is 5.87. The molecule has 0 aliphatic carbocycles. The van der Waals surface area contributed by atoms with Crippen LogP contribution in [0.1, 0.15) is 49.8 Å². The fraction of sp³-hybridized carbons (Fsp3) is 0.471. The summed E-state index contributed by atoms with van der Waals surface area (Å²) in [6.45, 7) is 5.15. The molecule has 3 rings (SSSR count). The van der Waals surface area contributed by atoms with Gasteiger partial charge in [-0.15, -0.1) is 0 Å². The lowest BCUT2D eigenvalue weighted by Gasteiger charge is -2.28. The average Bonchev–Trinajstić information content (AvgIpc) is 2.76. The third kappa shape index (κ3) is 2.21. The summed E-state index contributed by atoms with van der Waals surface area (Å²) in [6.07, 6.45) is 6.10. The summed E-state index contributed by atoms with van der Waals surface area (Å²) >= 11 is 0. The summed E-state index contributed by atoms with van der Waals surface area (Å²) in [4.78, 5) is 17.7. The van der Waals surface area contributed by atoms with E-state index in [1.54, 1.807) is 0 Å². The minimum Gasteiger partial charge on any atom is -0.361 e. The molecule has 1 fully saturated rings. The van der Waals surface area contributed by atoms with Gasteiger partial charge in [-0.3, -0.25) is 4.79 Å². The highest BCUT2D eigenvalue weighted by Crippen LogP contribution is 2.31. The van der Waals surface area contributed by atoms with E-state index in [1.165, 1.54) is 28.5 Å². The molecule has 1 aliphatic heterocycles. The molecule has 106 valence electrons. The summed E-state index contributed by atoms with van der Waals surface area (Å²) in [7, 11) is 0. The van der Waals surface area contributed by atoms with Crippen LogP contribution in [0.4, 0.5) is 0 Å². The number of carbonyl (C=O) groups is 1. The molecule has 0 saturated carbocycles. The van der Waals surface area contributed by atoms with Crippen molar-refractivity contribution in [1.82, 2.24) is 9.88 Å². The zero-order valence-electron chi connectivity index (χ0n) is 12.3. The second kappa shape index (κ2) is 5.31. The molecule has 20 heavy (non-hydrogen) atoms. The number of hydrogen-bond acceptors (Lipinski definition) is 1. The molecule has 2 heterocycles. The molecule has 1 aromatic heterocycles. The molecular formula is C17H22N2O. The number of para-hydroxylation sites is 1. The van der Waals surface area contributed by atoms with Crippen LogP contribution in [0.15, 0.2) is 24.4 Å². The second-order valence-electron chi connectivity index (χ2n) is 5.82. The van der Waals surface area contributed by atoms with Crippen LogP contribution < -0.4 is 0 Å². The molecular weight excluding hydrogens is 248 g/mol. The van der Waals surface area contributed by atoms with Gasteiger partial charge in [-0.2, -0.15) is 0 Å². The smallest absolute Gasteiger partial charge is 0.223 e. The van der Waals surface area contributed by atoms with E-state index in [2.05, 4.69) is 48.1 Å². The molecule has 1 N–H and O–H groups in total. The van der Waals surface area contributed by atoms with Crippen LogP contribution in [-0.4, -0.2) is 22.3 Å². The van der Waals surface area contributed by atoms with Gasteiger partial charge in [0.1, 0.15) is 0 Å². The van der Waals surface area contributed by atoms with Gasteiger partial charge in [-0.25, -0.2) is 0 Å². The van der Waals surface area contributed by atoms with Gasteiger partial charge in [0.2, 0.25) is 5.91 Å². The molecule has 1 atom stereocenters. The van der Waals surface area contributed by atoms with Crippen LogP contribution in [0.25, 0.3) is 10.9 Å². The van der Waals surface area contributed by atoms with E-state index in [9.17, 15) is 4.79 Å². The van der Waals surface area contributed by atoms with Crippen molar-refractivity contribution >= 4 is 16.8 Å². The highest BCUT2D eigenvalue weighted by atomic mass is 16.2. The van der Waals surface area contributed by atoms with Crippen molar-refractivity contribution in [1.29, 1.82) is 0 Å². The maximum atomic E-state index is 12.3. The lowest BCUT2D eigenvalue weighted by Crippen LogP contribution is -2.32. The molecule has 1 aliphatic rings. The number of likely N-dealkylation sites (tertiary alicyclic amines) is 1. The predicted octanol–water partition coefficient (Wildman–Crippen LogP) is 3.94. The van der Waals surface area contributed by atoms with Crippen molar-refractivity contribution in [2.45, 2.75) is 45.6 Å². The number of nitrogens with zero attached hydrogens (tertiary/aromatic N) is 1. The molecule has 3 heteroatoms. The highest BCUT2D eigenvalue weighted by Gasteiger charge is 2.24. The number of hydrogen-bond donors (Lipinski definition) is 1. The average molecular weight is 270 g/mol. The van der Waals surface area contributed by atoms with E-state index in [0.29, 0.717) is 12.3 Å². The first-order chi connectivity index (χ1) is 9.68. The van der Waals surface area contributed by atoms with Crippen LogP contribution >= 0.6 is 0 Å². The van der Waals surface area contributed by atoms with Gasteiger partial charge in [0, 0.05) is 30.1 Å². The topological polar surface area (TPSA) is 36.1 Å². The Bertz CT molecular complexity index is 629. The van der Waals surface area contributed by atoms with Gasteiger partial charge in [0.25, 0.3) is 0 Å². The van der Waals surface area contributed by atoms with Crippen molar-refractivity contribution in [2.24, 2.45) is 0 Å². The maximum absolute atomic E-state index is 12.3. The Morgan fingerprint density at radius 2 is 2.10 bits per heavy atom. The van der Waals surface area contributed by atoms with E-state index in [-0.39, 0.29) is 6.04 Å². The second-order valence-corrected chi connectivity index (χ2v) is 5.82. The molecule has 0 spiro atoms. The summed E-state index contributed by atoms with van der Waals surface area (Å²) < 4.78 is 0.